The Morgan fingerprint density at radius 3 is 2.70 bits per heavy atom. The van der Waals surface area contributed by atoms with E-state index in [1.807, 2.05) is 54.9 Å². The lowest BCUT2D eigenvalue weighted by atomic mass is 10.1. The van der Waals surface area contributed by atoms with Gasteiger partial charge in [-0.25, -0.2) is 0 Å². The van der Waals surface area contributed by atoms with Crippen LogP contribution in [-0.2, 0) is 16.1 Å². The molecule has 1 unspecified atom stereocenters. The van der Waals surface area contributed by atoms with E-state index in [9.17, 15) is 14.4 Å². The molecule has 4 rings (SSSR count). The Balaban J connectivity index is 1.35. The first kappa shape index (κ1) is 20.5. The first-order valence-electron chi connectivity index (χ1n) is 9.73. The van der Waals surface area contributed by atoms with Crippen LogP contribution in [0.3, 0.4) is 0 Å². The van der Waals surface area contributed by atoms with Crippen molar-refractivity contribution in [1.82, 2.24) is 5.32 Å². The van der Waals surface area contributed by atoms with Gasteiger partial charge in [-0.3, -0.25) is 14.4 Å². The molecule has 1 saturated heterocycles. The van der Waals surface area contributed by atoms with Crippen molar-refractivity contribution in [3.05, 3.63) is 73.6 Å². The van der Waals surface area contributed by atoms with E-state index in [1.165, 1.54) is 28.2 Å². The number of carbonyl (C=O) groups is 3. The number of nitrogens with one attached hydrogen (secondary N) is 1. The number of thiophene rings is 2. The quantitative estimate of drug-likeness (QED) is 0.583. The molecule has 1 fully saturated rings. The van der Waals surface area contributed by atoms with Gasteiger partial charge in [0.2, 0.25) is 17.6 Å². The first-order chi connectivity index (χ1) is 14.4. The highest BCUT2D eigenvalue weighted by Crippen LogP contribution is 2.27. The molecule has 2 amide bonds. The Morgan fingerprint density at radius 2 is 1.97 bits per heavy atom. The number of aryl methyl sites for hydroxylation is 2. The third-order valence-corrected chi connectivity index (χ3v) is 7.17. The summed E-state index contributed by atoms with van der Waals surface area (Å²) in [6.45, 7) is 4.79. The van der Waals surface area contributed by atoms with Crippen LogP contribution in [0.15, 0.2) is 47.2 Å². The molecular weight excluding hydrogens is 416 g/mol. The fourth-order valence-corrected chi connectivity index (χ4v) is 5.02. The van der Waals surface area contributed by atoms with Crippen molar-refractivity contribution in [3.8, 4) is 0 Å². The summed E-state index contributed by atoms with van der Waals surface area (Å²) in [4.78, 5) is 40.8. The SMILES string of the molecule is Cc1ccc(N2CC(C(=O)NCc3ccc(C(=O)c4ccsc4)s3)CC2=O)cc1C. The third-order valence-electron chi connectivity index (χ3n) is 5.40. The van der Waals surface area contributed by atoms with Gasteiger partial charge in [-0.2, -0.15) is 11.3 Å². The van der Waals surface area contributed by atoms with Crippen LogP contribution >= 0.6 is 22.7 Å². The Bertz CT molecular complexity index is 1100. The summed E-state index contributed by atoms with van der Waals surface area (Å²) in [5, 5.41) is 6.64. The van der Waals surface area contributed by atoms with Gasteiger partial charge in [0.1, 0.15) is 0 Å². The minimum absolute atomic E-state index is 0.00393. The lowest BCUT2D eigenvalue weighted by molar-refractivity contribution is -0.126. The van der Waals surface area contributed by atoms with Crippen molar-refractivity contribution in [2.75, 3.05) is 11.4 Å². The standard InChI is InChI=1S/C23H22N2O3S2/c1-14-3-4-18(9-15(14)2)25-12-17(10-21(25)26)23(28)24-11-19-5-6-20(30-19)22(27)16-7-8-29-13-16/h3-9,13,17H,10-12H2,1-2H3,(H,24,28). The number of benzene rings is 1. The Hall–Kier alpha value is -2.77. The van der Waals surface area contributed by atoms with Crippen LogP contribution in [0.4, 0.5) is 5.69 Å². The molecule has 154 valence electrons. The van der Waals surface area contributed by atoms with E-state index in [-0.39, 0.29) is 29.9 Å². The molecule has 5 nitrogen and oxygen atoms in total. The molecule has 1 aromatic carbocycles. The van der Waals surface area contributed by atoms with Crippen LogP contribution in [-0.4, -0.2) is 24.1 Å². The highest BCUT2D eigenvalue weighted by Gasteiger charge is 2.35. The minimum atomic E-state index is -0.369. The number of ketones is 1. The molecule has 1 aliphatic heterocycles. The molecule has 0 radical (unpaired) electrons. The molecule has 3 aromatic rings. The van der Waals surface area contributed by atoms with Gasteiger partial charge in [-0.05, 0) is 60.7 Å². The second-order valence-corrected chi connectivity index (χ2v) is 9.45. The molecule has 0 aliphatic carbocycles. The van der Waals surface area contributed by atoms with Crippen molar-refractivity contribution >= 4 is 46.0 Å². The Morgan fingerprint density at radius 1 is 1.13 bits per heavy atom. The second-order valence-electron chi connectivity index (χ2n) is 7.50. The van der Waals surface area contributed by atoms with Gasteiger partial charge in [0, 0.05) is 34.5 Å². The van der Waals surface area contributed by atoms with E-state index >= 15 is 0 Å². The summed E-state index contributed by atoms with van der Waals surface area (Å²) in [7, 11) is 0. The molecule has 0 saturated carbocycles. The van der Waals surface area contributed by atoms with Gasteiger partial charge in [0.25, 0.3) is 0 Å². The minimum Gasteiger partial charge on any atom is -0.351 e. The topological polar surface area (TPSA) is 66.5 Å². The van der Waals surface area contributed by atoms with Gasteiger partial charge >= 0.3 is 0 Å². The fraction of sp³-hybridized carbons (Fsp3) is 0.261. The average molecular weight is 439 g/mol. The van der Waals surface area contributed by atoms with E-state index in [0.29, 0.717) is 23.5 Å². The number of hydrogen-bond donors (Lipinski definition) is 1. The predicted octanol–water partition coefficient (Wildman–Crippen LogP) is 4.33. The van der Waals surface area contributed by atoms with Crippen molar-refractivity contribution in [2.24, 2.45) is 5.92 Å². The van der Waals surface area contributed by atoms with Crippen molar-refractivity contribution < 1.29 is 14.4 Å². The first-order valence-corrected chi connectivity index (χ1v) is 11.5. The van der Waals surface area contributed by atoms with Crippen molar-refractivity contribution in [3.63, 3.8) is 0 Å². The van der Waals surface area contributed by atoms with Gasteiger partial charge in [-0.1, -0.05) is 6.07 Å². The van der Waals surface area contributed by atoms with Crippen LogP contribution in [0.2, 0.25) is 0 Å². The van der Waals surface area contributed by atoms with Crippen LogP contribution in [0.5, 0.6) is 0 Å². The third kappa shape index (κ3) is 4.22. The summed E-state index contributed by atoms with van der Waals surface area (Å²) < 4.78 is 0. The number of nitrogens with zero attached hydrogens (tertiary/aromatic N) is 1. The molecule has 7 heteroatoms. The van der Waals surface area contributed by atoms with Crippen LogP contribution in [0.25, 0.3) is 0 Å². The van der Waals surface area contributed by atoms with Crippen LogP contribution in [0.1, 0.15) is 37.7 Å². The van der Waals surface area contributed by atoms with Gasteiger partial charge in [0.15, 0.2) is 0 Å². The molecule has 30 heavy (non-hydrogen) atoms. The maximum atomic E-state index is 12.6. The van der Waals surface area contributed by atoms with Crippen molar-refractivity contribution in [1.29, 1.82) is 0 Å². The maximum absolute atomic E-state index is 12.6. The second kappa shape index (κ2) is 8.53. The zero-order valence-electron chi connectivity index (χ0n) is 16.8. The number of amides is 2. The predicted molar refractivity (Wildman–Crippen MR) is 120 cm³/mol. The van der Waals surface area contributed by atoms with Gasteiger partial charge in [0.05, 0.1) is 17.3 Å². The monoisotopic (exact) mass is 438 g/mol. The molecule has 2 aromatic heterocycles. The Labute approximate surface area is 183 Å². The maximum Gasteiger partial charge on any atom is 0.227 e. The van der Waals surface area contributed by atoms with E-state index in [2.05, 4.69) is 5.32 Å². The van der Waals surface area contributed by atoms with E-state index < -0.39 is 0 Å². The summed E-state index contributed by atoms with van der Waals surface area (Å²) in [6, 6.07) is 11.4. The van der Waals surface area contributed by atoms with E-state index in [0.717, 1.165) is 16.1 Å². The number of carbonyl (C=O) groups excluding carboxylic acids is 3. The van der Waals surface area contributed by atoms with Crippen molar-refractivity contribution in [2.45, 2.75) is 26.8 Å². The van der Waals surface area contributed by atoms with Gasteiger partial charge in [-0.15, -0.1) is 11.3 Å². The largest absolute Gasteiger partial charge is 0.351 e. The summed E-state index contributed by atoms with van der Waals surface area (Å²) in [5.41, 5.74) is 3.83. The van der Waals surface area contributed by atoms with E-state index in [4.69, 9.17) is 0 Å². The zero-order chi connectivity index (χ0) is 21.3. The highest BCUT2D eigenvalue weighted by atomic mass is 32.1. The smallest absolute Gasteiger partial charge is 0.227 e. The normalized spacial score (nSPS) is 16.1. The van der Waals surface area contributed by atoms with E-state index in [1.54, 1.807) is 11.0 Å². The summed E-state index contributed by atoms with van der Waals surface area (Å²) >= 11 is 2.88. The summed E-state index contributed by atoms with van der Waals surface area (Å²) in [6.07, 6.45) is 0.213. The van der Waals surface area contributed by atoms with Crippen LogP contribution in [0, 0.1) is 19.8 Å². The number of rotatable bonds is 6. The zero-order valence-corrected chi connectivity index (χ0v) is 18.4. The van der Waals surface area contributed by atoms with Gasteiger partial charge < -0.3 is 10.2 Å². The number of anilines is 1. The fourth-order valence-electron chi connectivity index (χ4n) is 3.48. The van der Waals surface area contributed by atoms with Crippen LogP contribution < -0.4 is 10.2 Å². The lowest BCUT2D eigenvalue weighted by Gasteiger charge is -2.18. The molecule has 1 atom stereocenters. The average Bonchev–Trinajstić information content (AvgIpc) is 3.48. The molecule has 0 bridgehead atoms. The summed E-state index contributed by atoms with van der Waals surface area (Å²) in [5.74, 6) is -0.526. The number of hydrogen-bond acceptors (Lipinski definition) is 5. The molecule has 1 N–H and O–H groups in total. The lowest BCUT2D eigenvalue weighted by Crippen LogP contribution is -2.32. The molecule has 1 aliphatic rings. The Kier molecular flexibility index (Phi) is 5.83. The molecular formula is C23H22N2O3S2. The highest BCUT2D eigenvalue weighted by molar-refractivity contribution is 7.14. The molecule has 0 spiro atoms. The molecule has 3 heterocycles.